The largest absolute Gasteiger partial charge is 0.455 e. The highest BCUT2D eigenvalue weighted by atomic mass is 28.3. The first kappa shape index (κ1) is 23.7. The van der Waals surface area contributed by atoms with E-state index < -0.39 is 8.07 Å². The van der Waals surface area contributed by atoms with Gasteiger partial charge in [0.1, 0.15) is 24.0 Å². The van der Waals surface area contributed by atoms with Crippen LogP contribution in [0.15, 0.2) is 52.9 Å². The van der Waals surface area contributed by atoms with Gasteiger partial charge in [-0.15, -0.1) is 0 Å². The Bertz CT molecular complexity index is 1650. The molecular formula is C31H35FNOSi+. The van der Waals surface area contributed by atoms with Crippen molar-refractivity contribution in [2.24, 2.45) is 7.05 Å². The van der Waals surface area contributed by atoms with Crippen LogP contribution in [0.25, 0.3) is 44.1 Å². The van der Waals surface area contributed by atoms with Gasteiger partial charge in [0.2, 0.25) is 11.2 Å². The summed E-state index contributed by atoms with van der Waals surface area (Å²) in [6.07, 6.45) is 0. The molecule has 0 amide bonds. The quantitative estimate of drug-likeness (QED) is 0.183. The van der Waals surface area contributed by atoms with E-state index in [9.17, 15) is 4.39 Å². The normalized spacial score (nSPS) is 12.9. The van der Waals surface area contributed by atoms with Crippen LogP contribution in [0.5, 0.6) is 0 Å². The zero-order valence-corrected chi connectivity index (χ0v) is 23.4. The lowest BCUT2D eigenvalue weighted by Crippen LogP contribution is -2.49. The van der Waals surface area contributed by atoms with Crippen LogP contribution in [0.3, 0.4) is 0 Å². The van der Waals surface area contributed by atoms with Crippen molar-refractivity contribution in [3.63, 3.8) is 0 Å². The zero-order valence-electron chi connectivity index (χ0n) is 22.4. The Balaban J connectivity index is 1.79. The summed E-state index contributed by atoms with van der Waals surface area (Å²) in [5.41, 5.74) is 7.76. The average molecular weight is 485 g/mol. The van der Waals surface area contributed by atoms with E-state index in [0.717, 1.165) is 27.6 Å². The number of nitrogens with zero attached hydrogens (tertiary/aromatic N) is 1. The minimum Gasteiger partial charge on any atom is -0.455 e. The van der Waals surface area contributed by atoms with Crippen molar-refractivity contribution in [1.82, 2.24) is 0 Å². The summed E-state index contributed by atoms with van der Waals surface area (Å²) in [6, 6.07) is 17.0. The third kappa shape index (κ3) is 3.45. The Morgan fingerprint density at radius 2 is 1.54 bits per heavy atom. The van der Waals surface area contributed by atoms with Gasteiger partial charge in [-0.3, -0.25) is 0 Å². The first-order chi connectivity index (χ1) is 16.3. The highest BCUT2D eigenvalue weighted by Gasteiger charge is 2.37. The Hall–Kier alpha value is -2.98. The van der Waals surface area contributed by atoms with E-state index in [2.05, 4.69) is 95.7 Å². The van der Waals surface area contributed by atoms with E-state index in [0.29, 0.717) is 11.1 Å². The van der Waals surface area contributed by atoms with E-state index >= 15 is 0 Å². The van der Waals surface area contributed by atoms with E-state index in [1.54, 1.807) is 6.92 Å². The first-order valence-electron chi connectivity index (χ1n) is 12.4. The van der Waals surface area contributed by atoms with Crippen LogP contribution in [-0.2, 0) is 7.05 Å². The monoisotopic (exact) mass is 484 g/mol. The summed E-state index contributed by atoms with van der Waals surface area (Å²) in [5.74, 6) is -0.236. The molecule has 3 aromatic carbocycles. The van der Waals surface area contributed by atoms with Crippen molar-refractivity contribution in [2.75, 3.05) is 0 Å². The second kappa shape index (κ2) is 7.76. The van der Waals surface area contributed by atoms with Gasteiger partial charge in [0.25, 0.3) is 0 Å². The molecule has 2 nitrogen and oxygen atoms in total. The van der Waals surface area contributed by atoms with E-state index in [4.69, 9.17) is 4.42 Å². The van der Waals surface area contributed by atoms with Crippen LogP contribution in [-0.4, -0.2) is 8.07 Å². The SMILES string of the molecule is Cc1cc2c(oc3c(C)c(F)ccc32)c(-c2ccc3cc([Si](C)(C)C(C)(C)C)ccc3[n+]2C)c1C. The molecule has 0 fully saturated rings. The third-order valence-corrected chi connectivity index (χ3v) is 14.2. The van der Waals surface area contributed by atoms with Gasteiger partial charge >= 0.3 is 0 Å². The highest BCUT2D eigenvalue weighted by molar-refractivity contribution is 6.92. The first-order valence-corrected chi connectivity index (χ1v) is 15.4. The summed E-state index contributed by atoms with van der Waals surface area (Å²) in [7, 11) is 0.500. The van der Waals surface area contributed by atoms with Crippen LogP contribution in [0.4, 0.5) is 4.39 Å². The molecule has 0 saturated heterocycles. The molecule has 0 aliphatic carbocycles. The molecule has 0 aliphatic heterocycles. The van der Waals surface area contributed by atoms with Crippen LogP contribution in [0, 0.1) is 26.6 Å². The van der Waals surface area contributed by atoms with Crippen LogP contribution in [0.2, 0.25) is 18.1 Å². The molecule has 180 valence electrons. The van der Waals surface area contributed by atoms with Crippen molar-refractivity contribution >= 4 is 46.1 Å². The Kier molecular flexibility index (Phi) is 5.26. The number of hydrogen-bond donors (Lipinski definition) is 0. The predicted octanol–water partition coefficient (Wildman–Crippen LogP) is 8.01. The summed E-state index contributed by atoms with van der Waals surface area (Å²) < 4.78 is 23.0. The number of hydrogen-bond acceptors (Lipinski definition) is 1. The molecular weight excluding hydrogens is 449 g/mol. The minimum atomic E-state index is -1.63. The van der Waals surface area contributed by atoms with Gasteiger partial charge in [0.15, 0.2) is 0 Å². The standard InChI is InChI=1S/C31H35FNOSi/c1-18-16-24-23-12-13-25(32)20(3)29(23)34-30(24)28(19(18)2)27-14-10-21-17-22(11-15-26(21)33(27)7)35(8,9)31(4,5)6/h10-17H,1-9H3/q+1. The maximum atomic E-state index is 14.3. The number of benzene rings is 3. The molecule has 0 radical (unpaired) electrons. The fraction of sp³-hybridized carbons (Fsp3) is 0.323. The lowest BCUT2D eigenvalue weighted by atomic mass is 9.95. The van der Waals surface area contributed by atoms with Crippen LogP contribution in [0.1, 0.15) is 37.5 Å². The number of halogens is 1. The lowest BCUT2D eigenvalue weighted by molar-refractivity contribution is -0.633. The molecule has 5 aromatic rings. The predicted molar refractivity (Wildman–Crippen MR) is 149 cm³/mol. The van der Waals surface area contributed by atoms with Crippen molar-refractivity contribution < 1.29 is 13.4 Å². The molecule has 35 heavy (non-hydrogen) atoms. The van der Waals surface area contributed by atoms with Crippen LogP contribution >= 0.6 is 0 Å². The number of rotatable bonds is 2. The highest BCUT2D eigenvalue weighted by Crippen LogP contribution is 2.40. The van der Waals surface area contributed by atoms with Gasteiger partial charge in [0, 0.05) is 33.9 Å². The molecule has 4 heteroatoms. The van der Waals surface area contributed by atoms with Gasteiger partial charge in [-0.25, -0.2) is 4.39 Å². The van der Waals surface area contributed by atoms with Crippen molar-refractivity contribution in [2.45, 2.75) is 59.7 Å². The Labute approximate surface area is 208 Å². The fourth-order valence-electron chi connectivity index (χ4n) is 5.10. The van der Waals surface area contributed by atoms with Crippen molar-refractivity contribution in [1.29, 1.82) is 0 Å². The number of furan rings is 1. The second-order valence-electron chi connectivity index (χ2n) is 11.6. The molecule has 0 spiro atoms. The van der Waals surface area contributed by atoms with Gasteiger partial charge in [-0.2, -0.15) is 4.57 Å². The average Bonchev–Trinajstić information content (AvgIpc) is 3.15. The Morgan fingerprint density at radius 3 is 2.23 bits per heavy atom. The molecule has 0 saturated carbocycles. The summed E-state index contributed by atoms with van der Waals surface area (Å²) in [6.45, 7) is 18.1. The Morgan fingerprint density at radius 1 is 0.829 bits per heavy atom. The van der Waals surface area contributed by atoms with E-state index in [1.807, 2.05) is 6.07 Å². The van der Waals surface area contributed by atoms with Gasteiger partial charge in [-0.05, 0) is 67.3 Å². The summed E-state index contributed by atoms with van der Waals surface area (Å²) in [5, 5.41) is 5.02. The van der Waals surface area contributed by atoms with Crippen molar-refractivity contribution in [3.8, 4) is 11.3 Å². The summed E-state index contributed by atoms with van der Waals surface area (Å²) >= 11 is 0. The second-order valence-corrected chi connectivity index (χ2v) is 17.0. The fourth-order valence-corrected chi connectivity index (χ4v) is 6.98. The molecule has 2 heterocycles. The zero-order chi connectivity index (χ0) is 25.4. The number of pyridine rings is 1. The van der Waals surface area contributed by atoms with E-state index in [1.165, 1.54) is 33.3 Å². The molecule has 2 aromatic heterocycles. The topological polar surface area (TPSA) is 17.0 Å². The number of fused-ring (bicyclic) bond motifs is 4. The van der Waals surface area contributed by atoms with Crippen LogP contribution < -0.4 is 9.75 Å². The molecule has 0 aliphatic rings. The smallest absolute Gasteiger partial charge is 0.216 e. The minimum absolute atomic E-state index is 0.236. The maximum absolute atomic E-state index is 14.3. The maximum Gasteiger partial charge on any atom is 0.216 e. The molecule has 5 rings (SSSR count). The number of aryl methyl sites for hydroxylation is 3. The van der Waals surface area contributed by atoms with E-state index in [-0.39, 0.29) is 10.9 Å². The summed E-state index contributed by atoms with van der Waals surface area (Å²) in [4.78, 5) is 0. The third-order valence-electron chi connectivity index (χ3n) is 8.66. The van der Waals surface area contributed by atoms with Crippen molar-refractivity contribution in [3.05, 3.63) is 71.0 Å². The van der Waals surface area contributed by atoms with Gasteiger partial charge in [-0.1, -0.05) is 45.1 Å². The van der Waals surface area contributed by atoms with Gasteiger partial charge in [0.05, 0.1) is 13.6 Å². The number of aromatic nitrogens is 1. The molecule has 0 bridgehead atoms. The molecule has 0 N–H and O–H groups in total. The van der Waals surface area contributed by atoms with Gasteiger partial charge < -0.3 is 4.42 Å². The molecule has 0 atom stereocenters. The lowest BCUT2D eigenvalue weighted by Gasteiger charge is -2.37. The molecule has 0 unspecified atom stereocenters.